The molecule has 210 valence electrons. The predicted molar refractivity (Wildman–Crippen MR) is 150 cm³/mol. The van der Waals surface area contributed by atoms with Crippen LogP contribution in [0, 0.1) is 5.92 Å². The Morgan fingerprint density at radius 3 is 2.77 bits per heavy atom. The van der Waals surface area contributed by atoms with E-state index in [0.29, 0.717) is 25.0 Å². The highest BCUT2D eigenvalue weighted by Crippen LogP contribution is 2.42. The van der Waals surface area contributed by atoms with Crippen molar-refractivity contribution in [2.45, 2.75) is 63.6 Å². The largest absolute Gasteiger partial charge is 0.497 e. The number of aromatic nitrogens is 4. The van der Waals surface area contributed by atoms with Gasteiger partial charge in [0.15, 0.2) is 5.82 Å². The molecule has 9 nitrogen and oxygen atoms in total. The van der Waals surface area contributed by atoms with Crippen LogP contribution in [-0.2, 0) is 16.1 Å². The molecule has 9 heteroatoms. The number of tetrazole rings is 1. The summed E-state index contributed by atoms with van der Waals surface area (Å²) in [4.78, 5) is 2.40. The molecule has 2 aromatic carbocycles. The van der Waals surface area contributed by atoms with Crippen LogP contribution in [-0.4, -0.2) is 67.3 Å². The fourth-order valence-electron chi connectivity index (χ4n) is 6.07. The number of H-pyrrole nitrogens is 1. The zero-order chi connectivity index (χ0) is 27.0. The molecule has 1 aliphatic heterocycles. The number of anilines is 1. The molecule has 0 saturated heterocycles. The van der Waals surface area contributed by atoms with E-state index in [2.05, 4.69) is 74.9 Å². The Balaban J connectivity index is 1.27. The van der Waals surface area contributed by atoms with Crippen LogP contribution in [0.15, 0.2) is 42.5 Å². The van der Waals surface area contributed by atoms with Gasteiger partial charge in [0.25, 0.3) is 0 Å². The molecule has 0 unspecified atom stereocenters. The van der Waals surface area contributed by atoms with E-state index in [-0.39, 0.29) is 12.0 Å². The van der Waals surface area contributed by atoms with Crippen molar-refractivity contribution in [2.24, 2.45) is 5.92 Å². The summed E-state index contributed by atoms with van der Waals surface area (Å²) in [5.74, 6) is 3.79. The zero-order valence-corrected chi connectivity index (χ0v) is 23.3. The first-order chi connectivity index (χ1) is 19.1. The monoisotopic (exact) mass is 535 g/mol. The van der Waals surface area contributed by atoms with E-state index >= 15 is 0 Å². The van der Waals surface area contributed by atoms with Gasteiger partial charge in [-0.2, -0.15) is 5.21 Å². The van der Waals surface area contributed by atoms with E-state index in [0.717, 1.165) is 74.8 Å². The van der Waals surface area contributed by atoms with Crippen LogP contribution < -0.4 is 14.4 Å². The molecule has 0 spiro atoms. The topological polar surface area (TPSA) is 94.6 Å². The summed E-state index contributed by atoms with van der Waals surface area (Å²) in [6.07, 6.45) is 5.42. The number of fused-ring (bicyclic) bond motifs is 1. The van der Waals surface area contributed by atoms with Gasteiger partial charge in [0.1, 0.15) is 18.1 Å². The second-order valence-corrected chi connectivity index (χ2v) is 10.8. The molecule has 0 amide bonds. The lowest BCUT2D eigenvalue weighted by Crippen LogP contribution is -2.34. The van der Waals surface area contributed by atoms with Crippen LogP contribution in [0.2, 0.25) is 0 Å². The third-order valence-corrected chi connectivity index (χ3v) is 8.15. The highest BCUT2D eigenvalue weighted by Gasteiger charge is 2.33. The highest BCUT2D eigenvalue weighted by molar-refractivity contribution is 5.61. The molecule has 1 aromatic heterocycles. The SMILES string of the molecule is COCCCN1CCOc2ccc(CO[C@H]3CC[C@@H](C[C@H](C)c4nn[nH]n4)C[C@@H]3c3ccc(OC)cc3)cc21. The Kier molecular flexibility index (Phi) is 9.32. The molecule has 5 rings (SSSR count). The van der Waals surface area contributed by atoms with Gasteiger partial charge in [0.05, 0.1) is 32.1 Å². The van der Waals surface area contributed by atoms with Crippen molar-refractivity contribution in [1.82, 2.24) is 20.6 Å². The van der Waals surface area contributed by atoms with Crippen LogP contribution in [0.3, 0.4) is 0 Å². The summed E-state index contributed by atoms with van der Waals surface area (Å²) in [5.41, 5.74) is 3.64. The summed E-state index contributed by atoms with van der Waals surface area (Å²) in [6, 6.07) is 15.0. The molecule has 1 aliphatic carbocycles. The molecule has 4 atom stereocenters. The van der Waals surface area contributed by atoms with Gasteiger partial charge in [-0.25, -0.2) is 0 Å². The van der Waals surface area contributed by atoms with Crippen molar-refractivity contribution < 1.29 is 18.9 Å². The van der Waals surface area contributed by atoms with E-state index in [1.165, 1.54) is 11.1 Å². The number of methoxy groups -OCH3 is 2. The second kappa shape index (κ2) is 13.3. The van der Waals surface area contributed by atoms with Gasteiger partial charge in [-0.05, 0) is 73.4 Å². The van der Waals surface area contributed by atoms with Crippen molar-refractivity contribution in [3.8, 4) is 11.5 Å². The Labute approximate surface area is 231 Å². The van der Waals surface area contributed by atoms with E-state index < -0.39 is 0 Å². The van der Waals surface area contributed by atoms with Crippen LogP contribution in [0.4, 0.5) is 5.69 Å². The van der Waals surface area contributed by atoms with Gasteiger partial charge in [-0.3, -0.25) is 0 Å². The molecule has 1 saturated carbocycles. The number of hydrogen-bond donors (Lipinski definition) is 1. The molecular formula is C30H41N5O4. The maximum atomic E-state index is 6.69. The van der Waals surface area contributed by atoms with Crippen LogP contribution in [0.25, 0.3) is 0 Å². The molecule has 39 heavy (non-hydrogen) atoms. The molecule has 2 aliphatic rings. The fraction of sp³-hybridized carbons (Fsp3) is 0.567. The maximum Gasteiger partial charge on any atom is 0.177 e. The summed E-state index contributed by atoms with van der Waals surface area (Å²) in [7, 11) is 3.46. The van der Waals surface area contributed by atoms with Crippen molar-refractivity contribution >= 4 is 5.69 Å². The Morgan fingerprint density at radius 1 is 1.13 bits per heavy atom. The summed E-state index contributed by atoms with van der Waals surface area (Å²) in [6.45, 7) is 6.11. The van der Waals surface area contributed by atoms with Crippen molar-refractivity contribution in [3.05, 3.63) is 59.4 Å². The van der Waals surface area contributed by atoms with E-state index in [1.54, 1.807) is 14.2 Å². The number of nitrogens with zero attached hydrogens (tertiary/aromatic N) is 4. The van der Waals surface area contributed by atoms with E-state index in [1.807, 2.05) is 0 Å². The van der Waals surface area contributed by atoms with Gasteiger partial charge < -0.3 is 23.8 Å². The number of hydrogen-bond acceptors (Lipinski definition) is 8. The Morgan fingerprint density at radius 2 is 2.00 bits per heavy atom. The standard InChI is InChI=1S/C30H41N5O4/c1-21(30-31-33-34-32-30)17-22-5-11-28(26(18-22)24-7-9-25(37-3)10-8-24)39-20-23-6-12-29-27(19-23)35(14-16-38-29)13-4-15-36-2/h6-10,12,19,21-22,26,28H,4-5,11,13-18,20H2,1-3H3,(H,31,32,33,34)/t21-,22-,26+,28-/m0/s1. The van der Waals surface area contributed by atoms with E-state index in [9.17, 15) is 0 Å². The molecule has 1 fully saturated rings. The van der Waals surface area contributed by atoms with E-state index in [4.69, 9.17) is 18.9 Å². The molecule has 3 aromatic rings. The average molecular weight is 536 g/mol. The third-order valence-electron chi connectivity index (χ3n) is 8.15. The van der Waals surface area contributed by atoms with Gasteiger partial charge in [0, 0.05) is 32.1 Å². The minimum absolute atomic E-state index is 0.153. The lowest BCUT2D eigenvalue weighted by molar-refractivity contribution is -0.00991. The van der Waals surface area contributed by atoms with Crippen LogP contribution in [0.1, 0.15) is 67.8 Å². The molecule has 0 radical (unpaired) electrons. The lowest BCUT2D eigenvalue weighted by atomic mass is 9.73. The minimum Gasteiger partial charge on any atom is -0.497 e. The van der Waals surface area contributed by atoms with Gasteiger partial charge in [-0.1, -0.05) is 30.3 Å². The van der Waals surface area contributed by atoms with Gasteiger partial charge in [-0.15, -0.1) is 10.2 Å². The normalized spacial score (nSPS) is 21.7. The minimum atomic E-state index is 0.153. The van der Waals surface area contributed by atoms with Crippen molar-refractivity contribution in [1.29, 1.82) is 0 Å². The molecule has 1 N–H and O–H groups in total. The fourth-order valence-corrected chi connectivity index (χ4v) is 6.07. The van der Waals surface area contributed by atoms with Gasteiger partial charge >= 0.3 is 0 Å². The smallest absolute Gasteiger partial charge is 0.177 e. The lowest BCUT2D eigenvalue weighted by Gasteiger charge is -2.37. The number of nitrogens with one attached hydrogen (secondary N) is 1. The molecular weight excluding hydrogens is 494 g/mol. The average Bonchev–Trinajstić information content (AvgIpc) is 3.52. The summed E-state index contributed by atoms with van der Waals surface area (Å²) in [5, 5.41) is 14.8. The summed E-state index contributed by atoms with van der Waals surface area (Å²) >= 11 is 0. The first-order valence-corrected chi connectivity index (χ1v) is 14.1. The third kappa shape index (κ3) is 6.89. The van der Waals surface area contributed by atoms with Gasteiger partial charge in [0.2, 0.25) is 0 Å². The Hall–Kier alpha value is -3.17. The first kappa shape index (κ1) is 27.4. The van der Waals surface area contributed by atoms with Crippen molar-refractivity contribution in [2.75, 3.05) is 45.4 Å². The maximum absolute atomic E-state index is 6.69. The van der Waals surface area contributed by atoms with Crippen LogP contribution in [0.5, 0.6) is 11.5 Å². The quantitative estimate of drug-likeness (QED) is 0.320. The Bertz CT molecular complexity index is 1160. The van der Waals surface area contributed by atoms with Crippen molar-refractivity contribution in [3.63, 3.8) is 0 Å². The predicted octanol–water partition coefficient (Wildman–Crippen LogP) is 5.11. The molecule has 0 bridgehead atoms. The number of benzene rings is 2. The first-order valence-electron chi connectivity index (χ1n) is 14.1. The zero-order valence-electron chi connectivity index (χ0n) is 23.3. The highest BCUT2D eigenvalue weighted by atomic mass is 16.5. The number of ether oxygens (including phenoxy) is 4. The second-order valence-electron chi connectivity index (χ2n) is 10.8. The number of rotatable bonds is 12. The van der Waals surface area contributed by atoms with Crippen LogP contribution >= 0.6 is 0 Å². The molecule has 2 heterocycles. The number of aromatic amines is 1. The summed E-state index contributed by atoms with van der Waals surface area (Å²) < 4.78 is 23.3.